The third-order valence-corrected chi connectivity index (χ3v) is 0.510. The van der Waals surface area contributed by atoms with Gasteiger partial charge in [-0.3, -0.25) is 0 Å². The zero-order valence-corrected chi connectivity index (χ0v) is 3.46. The fraction of sp³-hybridized carbons (Fsp3) is 0. The summed E-state index contributed by atoms with van der Waals surface area (Å²) in [5.41, 5.74) is 4.94. The van der Waals surface area contributed by atoms with Crippen LogP contribution < -0.4 is 5.73 Å². The van der Waals surface area contributed by atoms with Gasteiger partial charge in [-0.05, 0) is 0 Å². The summed E-state index contributed by atoms with van der Waals surface area (Å²) < 4.78 is 4.38. The molecule has 0 aliphatic rings. The van der Waals surface area contributed by atoms with Crippen LogP contribution in [-0.4, -0.2) is 10.1 Å². The molecule has 1 heterocycles. The predicted octanol–water partition coefficient (Wildman–Crippen LogP) is -0.0376. The van der Waals surface area contributed by atoms with Crippen molar-refractivity contribution in [2.75, 3.05) is 5.73 Å². The van der Waals surface area contributed by atoms with Crippen LogP contribution >= 0.6 is 0 Å². The van der Waals surface area contributed by atoms with Crippen molar-refractivity contribution in [1.29, 1.82) is 0 Å². The van der Waals surface area contributed by atoms with Crippen LogP contribution in [0.5, 0.6) is 5.88 Å². The van der Waals surface area contributed by atoms with Crippen molar-refractivity contribution in [3.8, 4) is 5.88 Å². The Bertz CT molecular complexity index is 143. The number of oxazole rings is 1. The van der Waals surface area contributed by atoms with E-state index in [-0.39, 0.29) is 11.9 Å². The summed E-state index contributed by atoms with van der Waals surface area (Å²) in [5.74, 6) is -0.183. The second-order valence-electron chi connectivity index (χ2n) is 1.04. The maximum Gasteiger partial charge on any atom is 0.295 e. The molecule has 1 aromatic rings. The highest BCUT2D eigenvalue weighted by atomic mass is 16.4. The van der Waals surface area contributed by atoms with Crippen molar-refractivity contribution in [3.63, 3.8) is 0 Å². The topological polar surface area (TPSA) is 72.3 Å². The number of nitrogen functional groups attached to an aromatic ring is 1. The van der Waals surface area contributed by atoms with E-state index in [2.05, 4.69) is 9.40 Å². The zero-order valence-electron chi connectivity index (χ0n) is 3.46. The van der Waals surface area contributed by atoms with E-state index in [0.717, 1.165) is 6.26 Å². The molecule has 0 bridgehead atoms. The smallest absolute Gasteiger partial charge is 0.295 e. The normalized spacial score (nSPS) is 9.14. The molecule has 0 spiro atoms. The number of aromatic hydroxyl groups is 1. The highest BCUT2D eigenvalue weighted by Gasteiger charge is 1.91. The lowest BCUT2D eigenvalue weighted by Gasteiger charge is -1.69. The van der Waals surface area contributed by atoms with Gasteiger partial charge in [-0.2, -0.15) is 4.98 Å². The maximum absolute atomic E-state index is 8.37. The lowest BCUT2D eigenvalue weighted by atomic mass is 10.9. The number of hydrogen-bond donors (Lipinski definition) is 2. The van der Waals surface area contributed by atoms with Crippen LogP contribution in [0.1, 0.15) is 0 Å². The van der Waals surface area contributed by atoms with E-state index in [1.54, 1.807) is 0 Å². The highest BCUT2D eigenvalue weighted by Crippen LogP contribution is 2.06. The standard InChI is InChI=1S/C3H4N2O2/c4-3-5-2(6)1-7-3/h1,6H,(H2,4,5). The van der Waals surface area contributed by atoms with Crippen molar-refractivity contribution in [2.45, 2.75) is 0 Å². The Morgan fingerprint density at radius 1 is 1.86 bits per heavy atom. The van der Waals surface area contributed by atoms with Crippen molar-refractivity contribution in [2.24, 2.45) is 0 Å². The molecule has 7 heavy (non-hydrogen) atoms. The van der Waals surface area contributed by atoms with Gasteiger partial charge in [0.1, 0.15) is 0 Å². The second-order valence-corrected chi connectivity index (χ2v) is 1.04. The van der Waals surface area contributed by atoms with Crippen LogP contribution in [0.3, 0.4) is 0 Å². The molecule has 0 aromatic carbocycles. The summed E-state index contributed by atoms with van der Waals surface area (Å²) in [6, 6.07) is -0.0162. The number of nitrogens with two attached hydrogens (primary N) is 1. The largest absolute Gasteiger partial charge is 0.491 e. The van der Waals surface area contributed by atoms with Crippen LogP contribution in [0.4, 0.5) is 6.01 Å². The first-order chi connectivity index (χ1) is 3.29. The van der Waals surface area contributed by atoms with Crippen LogP contribution in [-0.2, 0) is 0 Å². The Balaban J connectivity index is 3.04. The molecule has 1 rings (SSSR count). The van der Waals surface area contributed by atoms with Gasteiger partial charge in [0.2, 0.25) is 0 Å². The second kappa shape index (κ2) is 1.14. The number of rotatable bonds is 0. The minimum atomic E-state index is -0.183. The molecule has 0 aliphatic carbocycles. The Morgan fingerprint density at radius 2 is 2.57 bits per heavy atom. The van der Waals surface area contributed by atoms with E-state index in [9.17, 15) is 0 Å². The van der Waals surface area contributed by atoms with Crippen molar-refractivity contribution in [3.05, 3.63) is 6.26 Å². The number of hydrogen-bond acceptors (Lipinski definition) is 4. The molecule has 0 amide bonds. The molecule has 3 N–H and O–H groups in total. The van der Waals surface area contributed by atoms with Crippen LogP contribution in [0, 0.1) is 0 Å². The molecule has 4 heteroatoms. The molecule has 0 fully saturated rings. The summed E-state index contributed by atoms with van der Waals surface area (Å²) >= 11 is 0. The molecule has 0 radical (unpaired) electrons. The van der Waals surface area contributed by atoms with Crippen LogP contribution in [0.15, 0.2) is 10.7 Å². The van der Waals surface area contributed by atoms with E-state index in [1.807, 2.05) is 0 Å². The number of nitrogens with zero attached hydrogens (tertiary/aromatic N) is 1. The van der Waals surface area contributed by atoms with Gasteiger partial charge in [-0.25, -0.2) is 0 Å². The molecular weight excluding hydrogens is 96.0 g/mol. The van der Waals surface area contributed by atoms with Gasteiger partial charge in [-0.1, -0.05) is 0 Å². The third-order valence-electron chi connectivity index (χ3n) is 0.510. The van der Waals surface area contributed by atoms with Gasteiger partial charge in [0.25, 0.3) is 11.9 Å². The number of anilines is 1. The van der Waals surface area contributed by atoms with E-state index in [1.165, 1.54) is 0 Å². The average Bonchev–Trinajstić information content (AvgIpc) is 1.87. The summed E-state index contributed by atoms with van der Waals surface area (Å²) in [6.07, 6.45) is 1.06. The molecule has 1 aromatic heterocycles. The summed E-state index contributed by atoms with van der Waals surface area (Å²) in [4.78, 5) is 3.28. The lowest BCUT2D eigenvalue weighted by Crippen LogP contribution is -1.80. The van der Waals surface area contributed by atoms with Gasteiger partial charge < -0.3 is 15.3 Å². The van der Waals surface area contributed by atoms with Gasteiger partial charge in [-0.15, -0.1) is 0 Å². The monoisotopic (exact) mass is 100 g/mol. The van der Waals surface area contributed by atoms with Gasteiger partial charge in [0, 0.05) is 0 Å². The molecule has 38 valence electrons. The summed E-state index contributed by atoms with van der Waals surface area (Å²) in [5, 5.41) is 8.37. The Labute approximate surface area is 39.6 Å². The van der Waals surface area contributed by atoms with Gasteiger partial charge in [0.05, 0.1) is 0 Å². The first kappa shape index (κ1) is 3.98. The maximum atomic E-state index is 8.37. The average molecular weight is 100 g/mol. The molecule has 0 saturated heterocycles. The van der Waals surface area contributed by atoms with Crippen LogP contribution in [0.25, 0.3) is 0 Å². The minimum Gasteiger partial charge on any atom is -0.491 e. The van der Waals surface area contributed by atoms with Crippen molar-refractivity contribution < 1.29 is 9.52 Å². The highest BCUT2D eigenvalue weighted by molar-refractivity contribution is 5.14. The van der Waals surface area contributed by atoms with Gasteiger partial charge >= 0.3 is 0 Å². The van der Waals surface area contributed by atoms with E-state index >= 15 is 0 Å². The Hall–Kier alpha value is -1.19. The van der Waals surface area contributed by atoms with E-state index < -0.39 is 0 Å². The van der Waals surface area contributed by atoms with E-state index in [4.69, 9.17) is 10.8 Å². The summed E-state index contributed by atoms with van der Waals surface area (Å²) in [7, 11) is 0. The zero-order chi connectivity index (χ0) is 5.28. The first-order valence-electron chi connectivity index (χ1n) is 1.69. The quantitative estimate of drug-likeness (QED) is 0.480. The summed E-state index contributed by atoms with van der Waals surface area (Å²) in [6.45, 7) is 0. The lowest BCUT2D eigenvalue weighted by molar-refractivity contribution is 0.448. The third kappa shape index (κ3) is 0.623. The minimum absolute atomic E-state index is 0.0162. The SMILES string of the molecule is Nc1nc(O)co1. The van der Waals surface area contributed by atoms with E-state index in [0.29, 0.717) is 0 Å². The molecule has 0 aliphatic heterocycles. The molecular formula is C3H4N2O2. The predicted molar refractivity (Wildman–Crippen MR) is 22.6 cm³/mol. The fourth-order valence-corrected chi connectivity index (χ4v) is 0.279. The fourth-order valence-electron chi connectivity index (χ4n) is 0.279. The number of aromatic nitrogens is 1. The van der Waals surface area contributed by atoms with Crippen LogP contribution in [0.2, 0.25) is 0 Å². The van der Waals surface area contributed by atoms with Gasteiger partial charge in [0.15, 0.2) is 6.26 Å². The molecule has 0 atom stereocenters. The molecule has 0 saturated carbocycles. The molecule has 4 nitrogen and oxygen atoms in total. The molecule has 0 unspecified atom stereocenters. The Kier molecular flexibility index (Phi) is 0.651. The van der Waals surface area contributed by atoms with Crippen molar-refractivity contribution in [1.82, 2.24) is 4.98 Å². The van der Waals surface area contributed by atoms with Crippen molar-refractivity contribution >= 4 is 6.01 Å². The first-order valence-corrected chi connectivity index (χ1v) is 1.69. The Morgan fingerprint density at radius 3 is 2.71 bits per heavy atom.